The first-order valence-corrected chi connectivity index (χ1v) is 3.04. The number of aromatic nitrogens is 3. The maximum atomic E-state index is 10.8. The first-order chi connectivity index (χ1) is 5.61. The molecule has 12 heavy (non-hydrogen) atoms. The van der Waals surface area contributed by atoms with Crippen LogP contribution in [0.3, 0.4) is 0 Å². The van der Waals surface area contributed by atoms with Crippen molar-refractivity contribution >= 4 is 6.03 Å². The third-order valence-corrected chi connectivity index (χ3v) is 1.51. The third kappa shape index (κ3) is 0.613. The SMILES string of the molecule is O=C1NC(O)n2c(=O)[nH]c(=O)n21. The van der Waals surface area contributed by atoms with Crippen LogP contribution >= 0.6 is 0 Å². The molecule has 1 aromatic rings. The van der Waals surface area contributed by atoms with Crippen LogP contribution in [-0.2, 0) is 0 Å². The summed E-state index contributed by atoms with van der Waals surface area (Å²) in [7, 11) is 0. The van der Waals surface area contributed by atoms with E-state index >= 15 is 0 Å². The van der Waals surface area contributed by atoms with Gasteiger partial charge in [0.1, 0.15) is 0 Å². The fraction of sp³-hybridized carbons (Fsp3) is 0.250. The highest BCUT2D eigenvalue weighted by Crippen LogP contribution is 1.98. The molecule has 1 aliphatic rings. The summed E-state index contributed by atoms with van der Waals surface area (Å²) in [5.74, 6) is 0. The van der Waals surface area contributed by atoms with Crippen LogP contribution in [0.5, 0.6) is 0 Å². The third-order valence-electron chi connectivity index (χ3n) is 1.51. The van der Waals surface area contributed by atoms with Crippen LogP contribution in [0.25, 0.3) is 0 Å². The first-order valence-electron chi connectivity index (χ1n) is 3.04. The van der Waals surface area contributed by atoms with Crippen LogP contribution in [0.4, 0.5) is 4.79 Å². The van der Waals surface area contributed by atoms with E-state index in [0.29, 0.717) is 9.36 Å². The predicted octanol–water partition coefficient (Wildman–Crippen LogP) is -2.64. The second-order valence-electron chi connectivity index (χ2n) is 2.21. The van der Waals surface area contributed by atoms with Crippen molar-refractivity contribution in [2.75, 3.05) is 0 Å². The molecule has 0 radical (unpaired) electrons. The molecule has 0 saturated carbocycles. The summed E-state index contributed by atoms with van der Waals surface area (Å²) in [5, 5.41) is 11.0. The summed E-state index contributed by atoms with van der Waals surface area (Å²) in [6.07, 6.45) is -1.47. The Labute approximate surface area is 64.0 Å². The van der Waals surface area contributed by atoms with E-state index in [9.17, 15) is 14.4 Å². The number of carbonyl (C=O) groups is 1. The highest BCUT2D eigenvalue weighted by molar-refractivity contribution is 5.76. The van der Waals surface area contributed by atoms with Gasteiger partial charge in [-0.25, -0.2) is 14.4 Å². The van der Waals surface area contributed by atoms with E-state index < -0.39 is 23.8 Å². The standard InChI is InChI=1S/C4H4N4O4/c9-1-5-2(10)8-4(12)6-3(11)7(1)8/h1,9H,(H,5,10)(H,6,11,12). The molecule has 0 fully saturated rings. The van der Waals surface area contributed by atoms with Crippen molar-refractivity contribution in [3.63, 3.8) is 0 Å². The molecule has 64 valence electrons. The van der Waals surface area contributed by atoms with E-state index in [-0.39, 0.29) is 0 Å². The molecule has 0 bridgehead atoms. The number of fused-ring (bicyclic) bond motifs is 1. The number of hydrogen-bond donors (Lipinski definition) is 3. The van der Waals surface area contributed by atoms with Crippen LogP contribution in [0.15, 0.2) is 9.59 Å². The van der Waals surface area contributed by atoms with E-state index in [1.165, 1.54) is 0 Å². The van der Waals surface area contributed by atoms with Crippen molar-refractivity contribution in [3.8, 4) is 0 Å². The molecular formula is C4H4N4O4. The molecule has 1 aliphatic heterocycles. The smallest absolute Gasteiger partial charge is 0.353 e. The molecule has 0 saturated heterocycles. The molecule has 1 aromatic heterocycles. The fourth-order valence-electron chi connectivity index (χ4n) is 1.03. The highest BCUT2D eigenvalue weighted by Gasteiger charge is 2.29. The lowest BCUT2D eigenvalue weighted by Gasteiger charge is -1.98. The van der Waals surface area contributed by atoms with E-state index in [1.54, 1.807) is 0 Å². The molecule has 2 rings (SSSR count). The second-order valence-corrected chi connectivity index (χ2v) is 2.21. The fourth-order valence-corrected chi connectivity index (χ4v) is 1.03. The van der Waals surface area contributed by atoms with Crippen molar-refractivity contribution in [1.82, 2.24) is 19.7 Å². The van der Waals surface area contributed by atoms with Gasteiger partial charge >= 0.3 is 17.4 Å². The van der Waals surface area contributed by atoms with Crippen LogP contribution in [0.1, 0.15) is 6.35 Å². The van der Waals surface area contributed by atoms with Crippen molar-refractivity contribution in [1.29, 1.82) is 0 Å². The number of hydrogen-bond acceptors (Lipinski definition) is 4. The molecule has 8 nitrogen and oxygen atoms in total. The molecule has 0 aliphatic carbocycles. The molecule has 1 amide bonds. The van der Waals surface area contributed by atoms with Gasteiger partial charge in [-0.1, -0.05) is 0 Å². The van der Waals surface area contributed by atoms with Gasteiger partial charge in [-0.3, -0.25) is 10.3 Å². The lowest BCUT2D eigenvalue weighted by molar-refractivity contribution is 0.0829. The maximum Gasteiger partial charge on any atom is 0.353 e. The van der Waals surface area contributed by atoms with Gasteiger partial charge in [0, 0.05) is 0 Å². The Morgan fingerprint density at radius 2 is 1.92 bits per heavy atom. The number of aliphatic hydroxyl groups excluding tert-OH is 1. The zero-order valence-electron chi connectivity index (χ0n) is 5.64. The predicted molar refractivity (Wildman–Crippen MR) is 34.5 cm³/mol. The van der Waals surface area contributed by atoms with Gasteiger partial charge in [0.2, 0.25) is 6.35 Å². The second kappa shape index (κ2) is 1.85. The minimum Gasteiger partial charge on any atom is -0.355 e. The minimum absolute atomic E-state index is 0.493. The van der Waals surface area contributed by atoms with Gasteiger partial charge in [-0.05, 0) is 0 Å². The molecule has 1 unspecified atom stereocenters. The number of aliphatic hydroxyl groups is 1. The number of nitrogens with zero attached hydrogens (tertiary/aromatic N) is 2. The lowest BCUT2D eigenvalue weighted by Crippen LogP contribution is -2.29. The van der Waals surface area contributed by atoms with Crippen LogP contribution in [0, 0.1) is 0 Å². The monoisotopic (exact) mass is 172 g/mol. The number of rotatable bonds is 0. The molecule has 2 heterocycles. The Balaban J connectivity index is 2.87. The first kappa shape index (κ1) is 6.85. The van der Waals surface area contributed by atoms with Crippen LogP contribution in [-0.4, -0.2) is 25.5 Å². The minimum atomic E-state index is -1.47. The van der Waals surface area contributed by atoms with Gasteiger partial charge in [0.15, 0.2) is 0 Å². The van der Waals surface area contributed by atoms with Crippen molar-refractivity contribution in [3.05, 3.63) is 21.0 Å². The number of carbonyl (C=O) groups excluding carboxylic acids is 1. The lowest BCUT2D eigenvalue weighted by atomic mass is 10.9. The Hall–Kier alpha value is -1.83. The Bertz CT molecular complexity index is 450. The van der Waals surface area contributed by atoms with Gasteiger partial charge in [0.25, 0.3) is 0 Å². The largest absolute Gasteiger partial charge is 0.355 e. The number of H-pyrrole nitrogens is 1. The quantitative estimate of drug-likeness (QED) is 0.397. The molecule has 8 heteroatoms. The maximum absolute atomic E-state index is 10.8. The molecular weight excluding hydrogens is 168 g/mol. The van der Waals surface area contributed by atoms with Gasteiger partial charge in [-0.15, -0.1) is 4.68 Å². The summed E-state index contributed by atoms with van der Waals surface area (Å²) in [5.41, 5.74) is -1.69. The van der Waals surface area contributed by atoms with E-state index in [2.05, 4.69) is 0 Å². The normalized spacial score (nSPS) is 20.8. The number of amides is 1. The highest BCUT2D eigenvalue weighted by atomic mass is 16.3. The van der Waals surface area contributed by atoms with E-state index in [1.807, 2.05) is 10.3 Å². The van der Waals surface area contributed by atoms with Gasteiger partial charge < -0.3 is 5.11 Å². The van der Waals surface area contributed by atoms with Crippen LogP contribution in [0.2, 0.25) is 0 Å². The summed E-state index contributed by atoms with van der Waals surface area (Å²) in [6, 6.07) is -0.828. The van der Waals surface area contributed by atoms with Crippen molar-refractivity contribution in [2.24, 2.45) is 0 Å². The van der Waals surface area contributed by atoms with Gasteiger partial charge in [-0.2, -0.15) is 4.68 Å². The van der Waals surface area contributed by atoms with E-state index in [0.717, 1.165) is 0 Å². The molecule has 0 spiro atoms. The molecule has 3 N–H and O–H groups in total. The summed E-state index contributed by atoms with van der Waals surface area (Å²) in [6.45, 7) is 0. The zero-order valence-corrected chi connectivity index (χ0v) is 5.64. The van der Waals surface area contributed by atoms with E-state index in [4.69, 9.17) is 5.11 Å². The number of aromatic amines is 1. The topological polar surface area (TPSA) is 109 Å². The zero-order chi connectivity index (χ0) is 8.88. The summed E-state index contributed by atoms with van der Waals surface area (Å²) >= 11 is 0. The Morgan fingerprint density at radius 1 is 1.25 bits per heavy atom. The van der Waals surface area contributed by atoms with Crippen molar-refractivity contribution in [2.45, 2.75) is 6.35 Å². The summed E-state index contributed by atoms with van der Waals surface area (Å²) < 4.78 is 1.08. The van der Waals surface area contributed by atoms with Crippen LogP contribution < -0.4 is 16.7 Å². The molecule has 0 aromatic carbocycles. The average molecular weight is 172 g/mol. The van der Waals surface area contributed by atoms with Gasteiger partial charge in [0.05, 0.1) is 0 Å². The summed E-state index contributed by atoms with van der Waals surface area (Å²) in [4.78, 5) is 34.3. The average Bonchev–Trinajstić information content (AvgIpc) is 2.38. The Morgan fingerprint density at radius 3 is 2.50 bits per heavy atom. The molecule has 1 atom stereocenters. The van der Waals surface area contributed by atoms with Crippen molar-refractivity contribution < 1.29 is 9.90 Å². The Kier molecular flexibility index (Phi) is 1.06. The number of nitrogens with one attached hydrogen (secondary N) is 2.